The molecule has 0 spiro atoms. The van der Waals surface area contributed by atoms with Crippen LogP contribution in [0.15, 0.2) is 35.8 Å². The summed E-state index contributed by atoms with van der Waals surface area (Å²) in [6.07, 6.45) is 1.45. The lowest BCUT2D eigenvalue weighted by Gasteiger charge is -2.28. The highest BCUT2D eigenvalue weighted by atomic mass is 127. The fraction of sp³-hybridized carbons (Fsp3) is 0.267. The average Bonchev–Trinajstić information content (AvgIpc) is 3.00. The number of fused-ring (bicyclic) bond motifs is 1. The number of hydrogen-bond donors (Lipinski definition) is 1. The molecule has 23 heavy (non-hydrogen) atoms. The summed E-state index contributed by atoms with van der Waals surface area (Å²) in [6.45, 7) is 1.82. The summed E-state index contributed by atoms with van der Waals surface area (Å²) in [5.41, 5.74) is 1.99. The SMILES string of the molecule is COC(=O)C1=C(C)Nc2ncnn2[C@@H]1c1cc(I)ccc1OC. The molecular formula is C15H15IN4O3. The van der Waals surface area contributed by atoms with Gasteiger partial charge in [-0.05, 0) is 47.7 Å². The van der Waals surface area contributed by atoms with Crippen molar-refractivity contribution < 1.29 is 14.3 Å². The van der Waals surface area contributed by atoms with Gasteiger partial charge in [0.15, 0.2) is 0 Å². The summed E-state index contributed by atoms with van der Waals surface area (Å²) >= 11 is 2.22. The number of nitrogens with zero attached hydrogens (tertiary/aromatic N) is 3. The molecular weight excluding hydrogens is 411 g/mol. The third-order valence-electron chi connectivity index (χ3n) is 3.69. The standard InChI is InChI=1S/C15H15IN4O3/c1-8-12(14(21)23-3)13(20-15(19-8)17-7-18-20)10-6-9(16)4-5-11(10)22-2/h4-7,13H,1-3H3,(H,17,18,19)/t13-/m1/s1. The van der Waals surface area contributed by atoms with Gasteiger partial charge in [-0.2, -0.15) is 10.1 Å². The molecule has 8 heteroatoms. The molecule has 0 unspecified atom stereocenters. The van der Waals surface area contributed by atoms with Gasteiger partial charge in [0.05, 0.1) is 19.8 Å². The first kappa shape index (κ1) is 15.8. The van der Waals surface area contributed by atoms with Gasteiger partial charge in [-0.1, -0.05) is 0 Å². The second-order valence-electron chi connectivity index (χ2n) is 4.97. The second-order valence-corrected chi connectivity index (χ2v) is 6.22. The van der Waals surface area contributed by atoms with Crippen LogP contribution in [0.2, 0.25) is 0 Å². The minimum Gasteiger partial charge on any atom is -0.496 e. The first-order valence-corrected chi connectivity index (χ1v) is 7.93. The van der Waals surface area contributed by atoms with Crippen molar-refractivity contribution >= 4 is 34.5 Å². The number of benzene rings is 1. The number of esters is 1. The van der Waals surface area contributed by atoms with Crippen LogP contribution in [0.25, 0.3) is 0 Å². The van der Waals surface area contributed by atoms with Crippen LogP contribution in [0.4, 0.5) is 5.95 Å². The number of anilines is 1. The zero-order chi connectivity index (χ0) is 16.6. The van der Waals surface area contributed by atoms with Crippen LogP contribution >= 0.6 is 22.6 Å². The molecule has 0 radical (unpaired) electrons. The molecule has 0 saturated heterocycles. The Balaban J connectivity index is 2.26. The second kappa shape index (κ2) is 6.19. The van der Waals surface area contributed by atoms with Gasteiger partial charge in [0.2, 0.25) is 5.95 Å². The van der Waals surface area contributed by atoms with Gasteiger partial charge in [0.25, 0.3) is 0 Å². The predicted molar refractivity (Wildman–Crippen MR) is 92.2 cm³/mol. The number of methoxy groups -OCH3 is 2. The smallest absolute Gasteiger partial charge is 0.338 e. The number of halogens is 1. The van der Waals surface area contributed by atoms with Crippen molar-refractivity contribution in [1.82, 2.24) is 14.8 Å². The quantitative estimate of drug-likeness (QED) is 0.600. The average molecular weight is 426 g/mol. The number of aromatic nitrogens is 3. The maximum atomic E-state index is 12.4. The van der Waals surface area contributed by atoms with E-state index in [1.807, 2.05) is 25.1 Å². The number of nitrogens with one attached hydrogen (secondary N) is 1. The van der Waals surface area contributed by atoms with Crippen LogP contribution in [-0.2, 0) is 9.53 Å². The van der Waals surface area contributed by atoms with E-state index in [0.717, 1.165) is 9.13 Å². The van der Waals surface area contributed by atoms with Crippen LogP contribution in [0, 0.1) is 3.57 Å². The van der Waals surface area contributed by atoms with Crippen molar-refractivity contribution in [3.8, 4) is 5.75 Å². The van der Waals surface area contributed by atoms with Crippen molar-refractivity contribution in [2.45, 2.75) is 13.0 Å². The number of ether oxygens (including phenoxy) is 2. The Hall–Kier alpha value is -2.10. The molecule has 1 N–H and O–H groups in total. The van der Waals surface area contributed by atoms with Gasteiger partial charge in [-0.15, -0.1) is 0 Å². The van der Waals surface area contributed by atoms with E-state index < -0.39 is 12.0 Å². The van der Waals surface area contributed by atoms with Gasteiger partial charge in [0, 0.05) is 14.8 Å². The fourth-order valence-corrected chi connectivity index (χ4v) is 3.19. The molecule has 1 atom stereocenters. The van der Waals surface area contributed by atoms with E-state index in [1.54, 1.807) is 11.8 Å². The Kier molecular flexibility index (Phi) is 4.24. The molecule has 1 aromatic carbocycles. The van der Waals surface area contributed by atoms with Crippen LogP contribution in [0.5, 0.6) is 5.75 Å². The Morgan fingerprint density at radius 3 is 2.87 bits per heavy atom. The van der Waals surface area contributed by atoms with Crippen LogP contribution in [-0.4, -0.2) is 35.0 Å². The highest BCUT2D eigenvalue weighted by Crippen LogP contribution is 2.39. The summed E-state index contributed by atoms with van der Waals surface area (Å²) in [6, 6.07) is 5.32. The van der Waals surface area contributed by atoms with Crippen LogP contribution < -0.4 is 10.1 Å². The number of rotatable bonds is 3. The molecule has 0 bridgehead atoms. The normalized spacial score (nSPS) is 16.6. The lowest BCUT2D eigenvalue weighted by Crippen LogP contribution is -2.29. The van der Waals surface area contributed by atoms with E-state index in [1.165, 1.54) is 13.4 Å². The maximum Gasteiger partial charge on any atom is 0.338 e. The summed E-state index contributed by atoms with van der Waals surface area (Å²) < 4.78 is 13.1. The van der Waals surface area contributed by atoms with Crippen molar-refractivity contribution in [1.29, 1.82) is 0 Å². The molecule has 7 nitrogen and oxygen atoms in total. The van der Waals surface area contributed by atoms with Crippen LogP contribution in [0.3, 0.4) is 0 Å². The number of carbonyl (C=O) groups excluding carboxylic acids is 1. The molecule has 3 rings (SSSR count). The fourth-order valence-electron chi connectivity index (χ4n) is 2.67. The molecule has 2 aromatic rings. The summed E-state index contributed by atoms with van der Waals surface area (Å²) in [7, 11) is 2.96. The number of allylic oxidation sites excluding steroid dienone is 1. The Morgan fingerprint density at radius 1 is 1.39 bits per heavy atom. The lowest BCUT2D eigenvalue weighted by atomic mass is 9.95. The van der Waals surface area contributed by atoms with E-state index in [0.29, 0.717) is 23.0 Å². The minimum atomic E-state index is -0.467. The van der Waals surface area contributed by atoms with Gasteiger partial charge in [0.1, 0.15) is 18.1 Å². The van der Waals surface area contributed by atoms with E-state index in [9.17, 15) is 4.79 Å². The van der Waals surface area contributed by atoms with Gasteiger partial charge >= 0.3 is 5.97 Å². The number of hydrogen-bond acceptors (Lipinski definition) is 6. The summed E-state index contributed by atoms with van der Waals surface area (Å²) in [5.74, 6) is 0.830. The first-order chi connectivity index (χ1) is 11.1. The van der Waals surface area contributed by atoms with Gasteiger partial charge < -0.3 is 14.8 Å². The van der Waals surface area contributed by atoms with Crippen molar-refractivity contribution in [2.24, 2.45) is 0 Å². The Bertz CT molecular complexity index is 800. The lowest BCUT2D eigenvalue weighted by molar-refractivity contribution is -0.136. The molecule has 120 valence electrons. The van der Waals surface area contributed by atoms with Gasteiger partial charge in [-0.3, -0.25) is 0 Å². The van der Waals surface area contributed by atoms with E-state index >= 15 is 0 Å². The maximum absolute atomic E-state index is 12.4. The minimum absolute atomic E-state index is 0.415. The highest BCUT2D eigenvalue weighted by Gasteiger charge is 2.35. The molecule has 1 aliphatic rings. The summed E-state index contributed by atoms with van der Waals surface area (Å²) in [5, 5.41) is 7.35. The third-order valence-corrected chi connectivity index (χ3v) is 4.36. The number of carbonyl (C=O) groups is 1. The zero-order valence-electron chi connectivity index (χ0n) is 12.8. The Morgan fingerprint density at radius 2 is 2.17 bits per heavy atom. The third kappa shape index (κ3) is 2.67. The summed E-state index contributed by atoms with van der Waals surface area (Å²) in [4.78, 5) is 16.5. The molecule has 0 amide bonds. The molecule has 0 saturated carbocycles. The first-order valence-electron chi connectivity index (χ1n) is 6.86. The monoisotopic (exact) mass is 426 g/mol. The molecule has 1 aliphatic heterocycles. The van der Waals surface area contributed by atoms with E-state index in [4.69, 9.17) is 9.47 Å². The topological polar surface area (TPSA) is 78.3 Å². The predicted octanol–water partition coefficient (Wildman–Crippen LogP) is 2.35. The van der Waals surface area contributed by atoms with E-state index in [-0.39, 0.29) is 0 Å². The van der Waals surface area contributed by atoms with Gasteiger partial charge in [-0.25, -0.2) is 9.48 Å². The van der Waals surface area contributed by atoms with Crippen molar-refractivity contribution in [3.05, 3.63) is 44.9 Å². The molecule has 0 aliphatic carbocycles. The highest BCUT2D eigenvalue weighted by molar-refractivity contribution is 14.1. The zero-order valence-corrected chi connectivity index (χ0v) is 15.0. The van der Waals surface area contributed by atoms with Crippen molar-refractivity contribution in [2.75, 3.05) is 19.5 Å². The molecule has 0 fully saturated rings. The largest absolute Gasteiger partial charge is 0.496 e. The molecule has 1 aromatic heterocycles. The van der Waals surface area contributed by atoms with Crippen LogP contribution in [0.1, 0.15) is 18.5 Å². The van der Waals surface area contributed by atoms with E-state index in [2.05, 4.69) is 38.0 Å². The molecule has 2 heterocycles. The Labute approximate surface area is 146 Å². The van der Waals surface area contributed by atoms with Crippen molar-refractivity contribution in [3.63, 3.8) is 0 Å².